The van der Waals surface area contributed by atoms with Gasteiger partial charge in [-0.05, 0) is 51.9 Å². The highest BCUT2D eigenvalue weighted by Gasteiger charge is 2.11. The number of halogens is 2. The topological polar surface area (TPSA) is 35.5 Å². The van der Waals surface area contributed by atoms with Crippen LogP contribution in [0.3, 0.4) is 0 Å². The fourth-order valence-electron chi connectivity index (χ4n) is 1.18. The van der Waals surface area contributed by atoms with Gasteiger partial charge in [0, 0.05) is 9.99 Å². The molecule has 0 fully saturated rings. The average molecular weight is 341 g/mol. The lowest BCUT2D eigenvalue weighted by atomic mass is 10.1. The summed E-state index contributed by atoms with van der Waals surface area (Å²) in [6.45, 7) is 0. The minimum absolute atomic E-state index is 0.195. The van der Waals surface area contributed by atoms with Crippen molar-refractivity contribution in [2.45, 2.75) is 6.42 Å². The van der Waals surface area contributed by atoms with E-state index in [1.807, 2.05) is 6.07 Å². The van der Waals surface area contributed by atoms with Crippen LogP contribution in [-0.2, 0) is 11.2 Å². The van der Waals surface area contributed by atoms with Crippen molar-refractivity contribution in [3.8, 4) is 11.5 Å². The largest absolute Gasteiger partial charge is 0.493 e. The first-order valence-electron chi connectivity index (χ1n) is 4.17. The fourth-order valence-corrected chi connectivity index (χ4v) is 1.95. The third-order valence-electron chi connectivity index (χ3n) is 1.88. The number of benzene rings is 1. The summed E-state index contributed by atoms with van der Waals surface area (Å²) in [6.07, 6.45) is 0.195. The monoisotopic (exact) mass is 340 g/mol. The first kappa shape index (κ1) is 12.6. The molecule has 0 saturated heterocycles. The first-order valence-corrected chi connectivity index (χ1v) is 5.63. The molecule has 0 aliphatic rings. The molecule has 0 unspecified atom stereocenters. The molecule has 0 aliphatic carbocycles. The van der Waals surface area contributed by atoms with Gasteiger partial charge in [0.25, 0.3) is 0 Å². The molecule has 0 aromatic heterocycles. The van der Waals surface area contributed by atoms with E-state index in [9.17, 15) is 4.79 Å². The Morgan fingerprint density at radius 2 is 1.87 bits per heavy atom. The van der Waals surface area contributed by atoms with Crippen LogP contribution in [0.5, 0.6) is 11.5 Å². The molecular formula is C10H10ClIO3. The predicted octanol–water partition coefficient (Wildman–Crippen LogP) is 2.62. The third kappa shape index (κ3) is 3.24. The Bertz CT molecular complexity index is 379. The van der Waals surface area contributed by atoms with Crippen LogP contribution in [0.2, 0.25) is 0 Å². The maximum atomic E-state index is 10.8. The average Bonchev–Trinajstić information content (AvgIpc) is 2.19. The third-order valence-corrected chi connectivity index (χ3v) is 3.02. The maximum absolute atomic E-state index is 10.8. The van der Waals surface area contributed by atoms with Gasteiger partial charge in [-0.2, -0.15) is 0 Å². The lowest BCUT2D eigenvalue weighted by Crippen LogP contribution is -1.99. The summed E-state index contributed by atoms with van der Waals surface area (Å²) in [6, 6.07) is 3.58. The molecule has 1 aromatic rings. The van der Waals surface area contributed by atoms with Gasteiger partial charge in [-0.3, -0.25) is 4.79 Å². The number of hydrogen-bond donors (Lipinski definition) is 0. The number of carbonyl (C=O) groups is 1. The van der Waals surface area contributed by atoms with Gasteiger partial charge in [-0.25, -0.2) is 0 Å². The minimum Gasteiger partial charge on any atom is -0.493 e. The van der Waals surface area contributed by atoms with Gasteiger partial charge in [-0.15, -0.1) is 0 Å². The van der Waals surface area contributed by atoms with E-state index in [2.05, 4.69) is 22.6 Å². The summed E-state index contributed by atoms with van der Waals surface area (Å²) in [4.78, 5) is 10.8. The molecule has 82 valence electrons. The maximum Gasteiger partial charge on any atom is 0.226 e. The van der Waals surface area contributed by atoms with E-state index in [0.29, 0.717) is 11.5 Å². The van der Waals surface area contributed by atoms with Crippen molar-refractivity contribution < 1.29 is 14.3 Å². The Kier molecular flexibility index (Phi) is 4.66. The first-order chi connectivity index (χ1) is 7.08. The molecule has 0 atom stereocenters. The van der Waals surface area contributed by atoms with E-state index in [1.54, 1.807) is 20.3 Å². The number of ether oxygens (including phenoxy) is 2. The zero-order chi connectivity index (χ0) is 11.4. The Morgan fingerprint density at radius 1 is 1.33 bits per heavy atom. The van der Waals surface area contributed by atoms with Gasteiger partial charge < -0.3 is 9.47 Å². The minimum atomic E-state index is -0.389. The number of rotatable bonds is 4. The Labute approximate surface area is 107 Å². The summed E-state index contributed by atoms with van der Waals surface area (Å²) in [5, 5.41) is -0.389. The smallest absolute Gasteiger partial charge is 0.226 e. The summed E-state index contributed by atoms with van der Waals surface area (Å²) < 4.78 is 11.2. The standard InChI is InChI=1S/C10H10ClIO3/c1-14-8-3-6(4-10(11)13)7(12)5-9(8)15-2/h3,5H,4H2,1-2H3. The second-order valence-electron chi connectivity index (χ2n) is 2.83. The van der Waals surface area contributed by atoms with Gasteiger partial charge in [-0.1, -0.05) is 0 Å². The second-order valence-corrected chi connectivity index (χ2v) is 4.41. The summed E-state index contributed by atoms with van der Waals surface area (Å²) in [7, 11) is 3.12. The molecule has 0 N–H and O–H groups in total. The molecular weight excluding hydrogens is 330 g/mol. The summed E-state index contributed by atoms with van der Waals surface area (Å²) >= 11 is 7.47. The van der Waals surface area contributed by atoms with E-state index in [0.717, 1.165) is 9.13 Å². The van der Waals surface area contributed by atoms with Crippen LogP contribution in [-0.4, -0.2) is 19.5 Å². The van der Waals surface area contributed by atoms with Crippen molar-refractivity contribution in [1.29, 1.82) is 0 Å². The van der Waals surface area contributed by atoms with E-state index in [4.69, 9.17) is 21.1 Å². The number of methoxy groups -OCH3 is 2. The molecule has 0 aliphatic heterocycles. The highest BCUT2D eigenvalue weighted by molar-refractivity contribution is 14.1. The quantitative estimate of drug-likeness (QED) is 0.624. The zero-order valence-corrected chi connectivity index (χ0v) is 11.3. The van der Waals surface area contributed by atoms with Crippen LogP contribution in [0.25, 0.3) is 0 Å². The van der Waals surface area contributed by atoms with Crippen LogP contribution in [0.1, 0.15) is 5.56 Å². The van der Waals surface area contributed by atoms with Crippen molar-refractivity contribution in [2.24, 2.45) is 0 Å². The predicted molar refractivity (Wildman–Crippen MR) is 66.8 cm³/mol. The van der Waals surface area contributed by atoms with Crippen LogP contribution >= 0.6 is 34.2 Å². The molecule has 15 heavy (non-hydrogen) atoms. The Balaban J connectivity index is 3.13. The van der Waals surface area contributed by atoms with Gasteiger partial charge in [0.15, 0.2) is 11.5 Å². The van der Waals surface area contributed by atoms with E-state index >= 15 is 0 Å². The molecule has 1 aromatic carbocycles. The highest BCUT2D eigenvalue weighted by Crippen LogP contribution is 2.31. The molecule has 1 rings (SSSR count). The lowest BCUT2D eigenvalue weighted by molar-refractivity contribution is -0.111. The van der Waals surface area contributed by atoms with Crippen molar-refractivity contribution >= 4 is 39.4 Å². The van der Waals surface area contributed by atoms with E-state index in [1.165, 1.54) is 0 Å². The van der Waals surface area contributed by atoms with E-state index < -0.39 is 0 Å². The van der Waals surface area contributed by atoms with Crippen molar-refractivity contribution in [2.75, 3.05) is 14.2 Å². The lowest BCUT2D eigenvalue weighted by Gasteiger charge is -2.10. The van der Waals surface area contributed by atoms with Crippen LogP contribution in [0, 0.1) is 3.57 Å². The Morgan fingerprint density at radius 3 is 2.33 bits per heavy atom. The van der Waals surface area contributed by atoms with Gasteiger partial charge >= 0.3 is 0 Å². The molecule has 0 saturated carbocycles. The van der Waals surface area contributed by atoms with Gasteiger partial charge in [0.1, 0.15) is 0 Å². The fraction of sp³-hybridized carbons (Fsp3) is 0.300. The van der Waals surface area contributed by atoms with Crippen LogP contribution in [0.15, 0.2) is 12.1 Å². The van der Waals surface area contributed by atoms with Gasteiger partial charge in [0.05, 0.1) is 14.2 Å². The number of carbonyl (C=O) groups excluding carboxylic acids is 1. The highest BCUT2D eigenvalue weighted by atomic mass is 127. The zero-order valence-electron chi connectivity index (χ0n) is 8.34. The number of hydrogen-bond acceptors (Lipinski definition) is 3. The Hall–Kier alpha value is -0.490. The van der Waals surface area contributed by atoms with Crippen molar-refractivity contribution in [3.63, 3.8) is 0 Å². The van der Waals surface area contributed by atoms with Crippen molar-refractivity contribution in [1.82, 2.24) is 0 Å². The van der Waals surface area contributed by atoms with Crippen LogP contribution < -0.4 is 9.47 Å². The molecule has 0 amide bonds. The molecule has 0 radical (unpaired) electrons. The molecule has 0 heterocycles. The SMILES string of the molecule is COc1cc(I)c(CC(=O)Cl)cc1OC. The molecule has 3 nitrogen and oxygen atoms in total. The second kappa shape index (κ2) is 5.55. The normalized spacial score (nSPS) is 9.87. The van der Waals surface area contributed by atoms with Gasteiger partial charge in [0.2, 0.25) is 5.24 Å². The summed E-state index contributed by atoms with van der Waals surface area (Å²) in [5.41, 5.74) is 0.841. The van der Waals surface area contributed by atoms with Crippen LogP contribution in [0.4, 0.5) is 0 Å². The van der Waals surface area contributed by atoms with Crippen molar-refractivity contribution in [3.05, 3.63) is 21.3 Å². The molecule has 0 spiro atoms. The molecule has 5 heteroatoms. The molecule has 0 bridgehead atoms. The van der Waals surface area contributed by atoms with E-state index in [-0.39, 0.29) is 11.7 Å². The summed E-state index contributed by atoms with van der Waals surface area (Å²) in [5.74, 6) is 1.25.